The maximum atomic E-state index is 5.98. The smallest absolute Gasteiger partial charge is 0.0247 e. The first-order chi connectivity index (χ1) is 7.63. The summed E-state index contributed by atoms with van der Waals surface area (Å²) in [6.07, 6.45) is 4.22. The summed E-state index contributed by atoms with van der Waals surface area (Å²) in [7, 11) is 2.24. The molecule has 1 heterocycles. The molecule has 3 atom stereocenters. The lowest BCUT2D eigenvalue weighted by Gasteiger charge is -2.48. The highest BCUT2D eigenvalue weighted by atomic mass is 15.3. The van der Waals surface area contributed by atoms with Gasteiger partial charge in [0.2, 0.25) is 0 Å². The fourth-order valence-corrected chi connectivity index (χ4v) is 3.18. The average Bonchev–Trinajstić information content (AvgIpc) is 2.18. The van der Waals surface area contributed by atoms with Crippen molar-refractivity contribution < 1.29 is 0 Å². The van der Waals surface area contributed by atoms with E-state index in [2.05, 4.69) is 30.7 Å². The average molecular weight is 225 g/mol. The molecule has 3 heteroatoms. The fraction of sp³-hybridized carbons (Fsp3) is 1.00. The standard InChI is InChI=1S/C13H27N3/c1-10-8-16(9-11(2)15(10)3)13(7-14)12-5-4-6-12/h10-13H,4-9,14H2,1-3H3. The monoisotopic (exact) mass is 225 g/mol. The minimum Gasteiger partial charge on any atom is -0.329 e. The van der Waals surface area contributed by atoms with E-state index in [-0.39, 0.29) is 0 Å². The van der Waals surface area contributed by atoms with Gasteiger partial charge in [-0.1, -0.05) is 6.42 Å². The Hall–Kier alpha value is -0.120. The van der Waals surface area contributed by atoms with Gasteiger partial charge in [-0.25, -0.2) is 0 Å². The molecule has 0 radical (unpaired) electrons. The van der Waals surface area contributed by atoms with Crippen LogP contribution in [0.3, 0.4) is 0 Å². The van der Waals surface area contributed by atoms with Crippen LogP contribution in [0, 0.1) is 5.92 Å². The van der Waals surface area contributed by atoms with Crippen molar-refractivity contribution in [2.75, 3.05) is 26.7 Å². The minimum atomic E-state index is 0.646. The molecule has 94 valence electrons. The molecule has 0 bridgehead atoms. The van der Waals surface area contributed by atoms with Crippen LogP contribution in [0.4, 0.5) is 0 Å². The second-order valence-electron chi connectivity index (χ2n) is 5.81. The molecule has 2 fully saturated rings. The third kappa shape index (κ3) is 2.27. The Labute approximate surface area is 100.0 Å². The van der Waals surface area contributed by atoms with Gasteiger partial charge in [0.1, 0.15) is 0 Å². The van der Waals surface area contributed by atoms with Crippen LogP contribution in [0.2, 0.25) is 0 Å². The summed E-state index contributed by atoms with van der Waals surface area (Å²) in [4.78, 5) is 5.14. The number of hydrogen-bond donors (Lipinski definition) is 1. The third-order valence-corrected chi connectivity index (χ3v) is 4.79. The molecular formula is C13H27N3. The van der Waals surface area contributed by atoms with Crippen molar-refractivity contribution >= 4 is 0 Å². The lowest BCUT2D eigenvalue weighted by Crippen LogP contribution is -2.60. The maximum absolute atomic E-state index is 5.98. The van der Waals surface area contributed by atoms with Crippen molar-refractivity contribution in [2.45, 2.75) is 51.2 Å². The van der Waals surface area contributed by atoms with E-state index in [1.165, 1.54) is 32.4 Å². The predicted octanol–water partition coefficient (Wildman–Crippen LogP) is 1.14. The molecule has 16 heavy (non-hydrogen) atoms. The van der Waals surface area contributed by atoms with Crippen molar-refractivity contribution in [3.63, 3.8) is 0 Å². The second kappa shape index (κ2) is 5.03. The summed E-state index contributed by atoms with van der Waals surface area (Å²) in [6.45, 7) is 7.89. The number of piperazine rings is 1. The molecule has 1 aliphatic heterocycles. The Morgan fingerprint density at radius 3 is 2.12 bits per heavy atom. The van der Waals surface area contributed by atoms with E-state index in [1.807, 2.05) is 0 Å². The summed E-state index contributed by atoms with van der Waals surface area (Å²) in [5.41, 5.74) is 5.98. The molecule has 3 unspecified atom stereocenters. The molecule has 1 aliphatic carbocycles. The molecule has 3 nitrogen and oxygen atoms in total. The van der Waals surface area contributed by atoms with Crippen molar-refractivity contribution in [1.82, 2.24) is 9.80 Å². The highest BCUT2D eigenvalue weighted by Gasteiger charge is 2.35. The number of hydrogen-bond acceptors (Lipinski definition) is 3. The summed E-state index contributed by atoms with van der Waals surface area (Å²) >= 11 is 0. The molecule has 1 saturated carbocycles. The number of likely N-dealkylation sites (N-methyl/N-ethyl adjacent to an activating group) is 1. The van der Waals surface area contributed by atoms with Crippen LogP contribution in [0.5, 0.6) is 0 Å². The molecule has 2 N–H and O–H groups in total. The van der Waals surface area contributed by atoms with E-state index >= 15 is 0 Å². The van der Waals surface area contributed by atoms with Crippen LogP contribution in [0.1, 0.15) is 33.1 Å². The van der Waals surface area contributed by atoms with Crippen molar-refractivity contribution in [3.05, 3.63) is 0 Å². The van der Waals surface area contributed by atoms with Gasteiger partial charge in [0.05, 0.1) is 0 Å². The molecular weight excluding hydrogens is 198 g/mol. The first-order valence-electron chi connectivity index (χ1n) is 6.79. The predicted molar refractivity (Wildman–Crippen MR) is 68.4 cm³/mol. The zero-order valence-corrected chi connectivity index (χ0v) is 11.0. The zero-order valence-electron chi connectivity index (χ0n) is 11.0. The molecule has 0 aromatic heterocycles. The Kier molecular flexibility index (Phi) is 3.88. The fourth-order valence-electron chi connectivity index (χ4n) is 3.18. The molecule has 2 rings (SSSR count). The highest BCUT2D eigenvalue weighted by Crippen LogP contribution is 2.33. The number of nitrogens with zero attached hydrogens (tertiary/aromatic N) is 2. The second-order valence-corrected chi connectivity index (χ2v) is 5.81. The first kappa shape index (κ1) is 12.3. The third-order valence-electron chi connectivity index (χ3n) is 4.79. The largest absolute Gasteiger partial charge is 0.329 e. The van der Waals surface area contributed by atoms with Gasteiger partial charge < -0.3 is 5.73 Å². The van der Waals surface area contributed by atoms with Crippen LogP contribution in [0.15, 0.2) is 0 Å². The summed E-state index contributed by atoms with van der Waals surface area (Å²) < 4.78 is 0. The Bertz CT molecular complexity index is 215. The Morgan fingerprint density at radius 1 is 1.19 bits per heavy atom. The minimum absolute atomic E-state index is 0.646. The topological polar surface area (TPSA) is 32.5 Å². The van der Waals surface area contributed by atoms with Crippen LogP contribution < -0.4 is 5.73 Å². The lowest BCUT2D eigenvalue weighted by molar-refractivity contribution is 0.00535. The molecule has 0 aromatic rings. The van der Waals surface area contributed by atoms with Crippen LogP contribution in [-0.4, -0.2) is 54.6 Å². The van der Waals surface area contributed by atoms with Crippen molar-refractivity contribution in [3.8, 4) is 0 Å². The number of rotatable bonds is 3. The summed E-state index contributed by atoms with van der Waals surface area (Å²) in [5, 5.41) is 0. The van der Waals surface area contributed by atoms with E-state index < -0.39 is 0 Å². The van der Waals surface area contributed by atoms with E-state index in [0.717, 1.165) is 12.5 Å². The van der Waals surface area contributed by atoms with Crippen LogP contribution >= 0.6 is 0 Å². The normalized spacial score (nSPS) is 36.0. The molecule has 1 saturated heterocycles. The van der Waals surface area contributed by atoms with Gasteiger partial charge in [0.15, 0.2) is 0 Å². The lowest BCUT2D eigenvalue weighted by atomic mass is 9.78. The van der Waals surface area contributed by atoms with E-state index in [1.54, 1.807) is 0 Å². The van der Waals surface area contributed by atoms with Crippen molar-refractivity contribution in [1.29, 1.82) is 0 Å². The van der Waals surface area contributed by atoms with Gasteiger partial charge in [0, 0.05) is 37.8 Å². The van der Waals surface area contributed by atoms with Gasteiger partial charge in [-0.05, 0) is 39.7 Å². The Balaban J connectivity index is 1.97. The summed E-state index contributed by atoms with van der Waals surface area (Å²) in [6, 6.07) is 1.98. The van der Waals surface area contributed by atoms with Crippen molar-refractivity contribution in [2.24, 2.45) is 11.7 Å². The maximum Gasteiger partial charge on any atom is 0.0247 e. The van der Waals surface area contributed by atoms with Gasteiger partial charge >= 0.3 is 0 Å². The quantitative estimate of drug-likeness (QED) is 0.782. The van der Waals surface area contributed by atoms with E-state index in [9.17, 15) is 0 Å². The van der Waals surface area contributed by atoms with Gasteiger partial charge in [-0.15, -0.1) is 0 Å². The van der Waals surface area contributed by atoms with Gasteiger partial charge in [0.25, 0.3) is 0 Å². The Morgan fingerprint density at radius 2 is 1.75 bits per heavy atom. The molecule has 0 amide bonds. The molecule has 0 spiro atoms. The van der Waals surface area contributed by atoms with Crippen LogP contribution in [-0.2, 0) is 0 Å². The van der Waals surface area contributed by atoms with Crippen LogP contribution in [0.25, 0.3) is 0 Å². The zero-order chi connectivity index (χ0) is 11.7. The summed E-state index contributed by atoms with van der Waals surface area (Å²) in [5.74, 6) is 0.882. The molecule has 0 aromatic carbocycles. The molecule has 2 aliphatic rings. The number of nitrogens with two attached hydrogens (primary N) is 1. The first-order valence-corrected chi connectivity index (χ1v) is 6.79. The van der Waals surface area contributed by atoms with E-state index in [0.29, 0.717) is 18.1 Å². The van der Waals surface area contributed by atoms with E-state index in [4.69, 9.17) is 5.73 Å². The highest BCUT2D eigenvalue weighted by molar-refractivity contribution is 4.91. The van der Waals surface area contributed by atoms with Gasteiger partial charge in [-0.2, -0.15) is 0 Å². The SMILES string of the molecule is CC1CN(C(CN)C2CCC2)CC(C)N1C. The van der Waals surface area contributed by atoms with Gasteiger partial charge in [-0.3, -0.25) is 9.80 Å².